The highest BCUT2D eigenvalue weighted by Crippen LogP contribution is 2.02. The van der Waals surface area contributed by atoms with Crippen LogP contribution in [0, 0.1) is 0 Å². The van der Waals surface area contributed by atoms with Crippen molar-refractivity contribution in [2.45, 2.75) is 25.5 Å². The predicted molar refractivity (Wildman–Crippen MR) is 80.1 cm³/mol. The van der Waals surface area contributed by atoms with Crippen molar-refractivity contribution in [1.82, 2.24) is 9.44 Å². The van der Waals surface area contributed by atoms with Gasteiger partial charge in [0.1, 0.15) is 12.6 Å². The lowest BCUT2D eigenvalue weighted by Gasteiger charge is -2.14. The summed E-state index contributed by atoms with van der Waals surface area (Å²) in [7, 11) is -4.53. The number of nitrogens with one attached hydrogen (secondary N) is 2. The van der Waals surface area contributed by atoms with Gasteiger partial charge in [-0.15, -0.1) is 0 Å². The number of carbonyl (C=O) groups is 3. The number of carboxylic acids is 2. The summed E-state index contributed by atoms with van der Waals surface area (Å²) in [5.41, 5.74) is 0.628. The van der Waals surface area contributed by atoms with Crippen molar-refractivity contribution in [2.24, 2.45) is 0 Å². The van der Waals surface area contributed by atoms with Crippen molar-refractivity contribution in [1.29, 1.82) is 0 Å². The van der Waals surface area contributed by atoms with Gasteiger partial charge < -0.3 is 14.9 Å². The van der Waals surface area contributed by atoms with Gasteiger partial charge in [-0.1, -0.05) is 30.3 Å². The summed E-state index contributed by atoms with van der Waals surface area (Å²) >= 11 is 0. The Morgan fingerprint density at radius 3 is 2.29 bits per heavy atom. The van der Waals surface area contributed by atoms with E-state index >= 15 is 0 Å². The van der Waals surface area contributed by atoms with Gasteiger partial charge in [-0.25, -0.2) is 9.52 Å². The van der Waals surface area contributed by atoms with E-state index in [0.717, 1.165) is 0 Å². The second-order valence-corrected chi connectivity index (χ2v) is 6.06. The van der Waals surface area contributed by atoms with Crippen molar-refractivity contribution in [3.8, 4) is 0 Å². The Kier molecular flexibility index (Phi) is 7.14. The second-order valence-electron chi connectivity index (χ2n) is 4.61. The number of hydrogen-bond acceptors (Lipinski definition) is 6. The van der Waals surface area contributed by atoms with Crippen LogP contribution in [0.4, 0.5) is 4.79 Å². The monoisotopic (exact) mass is 360 g/mol. The highest BCUT2D eigenvalue weighted by molar-refractivity contribution is 7.88. The van der Waals surface area contributed by atoms with Gasteiger partial charge in [-0.05, 0) is 12.0 Å². The molecule has 0 heterocycles. The van der Waals surface area contributed by atoms with Crippen molar-refractivity contribution in [3.05, 3.63) is 35.9 Å². The van der Waals surface area contributed by atoms with Gasteiger partial charge in [-0.3, -0.25) is 9.59 Å². The van der Waals surface area contributed by atoms with E-state index in [1.807, 2.05) is 0 Å². The van der Waals surface area contributed by atoms with E-state index in [9.17, 15) is 22.8 Å². The molecule has 1 rings (SSSR count). The first kappa shape index (κ1) is 19.4. The fourth-order valence-corrected chi connectivity index (χ4v) is 2.51. The molecular weight excluding hydrogens is 344 g/mol. The summed E-state index contributed by atoms with van der Waals surface area (Å²) in [6.07, 6.45) is -2.34. The van der Waals surface area contributed by atoms with Crippen LogP contribution < -0.4 is 9.44 Å². The number of rotatable bonds is 9. The maximum Gasteiger partial charge on any atom is 0.422 e. The van der Waals surface area contributed by atoms with Crippen LogP contribution in [0.3, 0.4) is 0 Å². The Hall–Kier alpha value is -2.66. The predicted octanol–water partition coefficient (Wildman–Crippen LogP) is 0.0652. The van der Waals surface area contributed by atoms with Crippen LogP contribution in [-0.2, 0) is 31.1 Å². The Balaban J connectivity index is 2.55. The van der Waals surface area contributed by atoms with E-state index in [-0.39, 0.29) is 6.61 Å². The minimum Gasteiger partial charge on any atom is -0.481 e. The minimum absolute atomic E-state index is 0.177. The van der Waals surface area contributed by atoms with E-state index in [1.54, 1.807) is 35.1 Å². The molecule has 0 spiro atoms. The zero-order valence-corrected chi connectivity index (χ0v) is 13.2. The van der Waals surface area contributed by atoms with Gasteiger partial charge in [-0.2, -0.15) is 13.1 Å². The Labute approximate surface area is 137 Å². The third-order valence-electron chi connectivity index (χ3n) is 2.67. The van der Waals surface area contributed by atoms with E-state index in [4.69, 9.17) is 14.9 Å². The molecule has 0 aliphatic rings. The molecule has 0 unspecified atom stereocenters. The standard InChI is InChI=1S/C13H16N2O8S/c16-11(17)7-6-10(12(18)19)14-24(21,22)15-13(20)23-8-9-4-2-1-3-5-9/h1-5,10,14H,6-8H2,(H,15,20)(H,16,17)(H,18,19)/t10-/m0/s1. The molecule has 0 aliphatic carbocycles. The Bertz CT molecular complexity index is 689. The molecule has 1 aromatic rings. The van der Waals surface area contributed by atoms with Crippen LogP contribution in [0.1, 0.15) is 18.4 Å². The fourth-order valence-electron chi connectivity index (χ4n) is 1.58. The summed E-state index contributed by atoms with van der Waals surface area (Å²) in [5.74, 6) is -2.85. The molecular formula is C13H16N2O8S. The number of carbonyl (C=O) groups excluding carboxylic acids is 1. The first-order chi connectivity index (χ1) is 11.2. The van der Waals surface area contributed by atoms with Crippen molar-refractivity contribution in [2.75, 3.05) is 0 Å². The molecule has 0 fully saturated rings. The molecule has 0 aromatic heterocycles. The number of carboxylic acid groups (broad SMARTS) is 2. The van der Waals surface area contributed by atoms with E-state index in [2.05, 4.69) is 0 Å². The summed E-state index contributed by atoms with van der Waals surface area (Å²) in [6.45, 7) is -0.177. The fraction of sp³-hybridized carbons (Fsp3) is 0.308. The van der Waals surface area contributed by atoms with E-state index in [0.29, 0.717) is 5.56 Å². The third kappa shape index (κ3) is 7.56. The topological polar surface area (TPSA) is 159 Å². The molecule has 1 amide bonds. The van der Waals surface area contributed by atoms with Crippen LogP contribution in [0.25, 0.3) is 0 Å². The van der Waals surface area contributed by atoms with Gasteiger partial charge >= 0.3 is 28.2 Å². The first-order valence-corrected chi connectivity index (χ1v) is 8.13. The zero-order valence-electron chi connectivity index (χ0n) is 12.3. The van der Waals surface area contributed by atoms with Gasteiger partial charge in [0.25, 0.3) is 0 Å². The van der Waals surface area contributed by atoms with Crippen LogP contribution in [-0.4, -0.2) is 42.7 Å². The van der Waals surface area contributed by atoms with Crippen molar-refractivity contribution >= 4 is 28.2 Å². The smallest absolute Gasteiger partial charge is 0.422 e. The second kappa shape index (κ2) is 8.84. The van der Waals surface area contributed by atoms with Gasteiger partial charge in [0.05, 0.1) is 0 Å². The maximum absolute atomic E-state index is 11.7. The Morgan fingerprint density at radius 2 is 1.75 bits per heavy atom. The minimum atomic E-state index is -4.53. The highest BCUT2D eigenvalue weighted by atomic mass is 32.2. The van der Waals surface area contributed by atoms with Crippen molar-refractivity contribution < 1.29 is 37.8 Å². The molecule has 1 aromatic carbocycles. The summed E-state index contributed by atoms with van der Waals surface area (Å²) < 4.78 is 31.2. The van der Waals surface area contributed by atoms with Crippen LogP contribution >= 0.6 is 0 Å². The number of aliphatic carboxylic acids is 2. The van der Waals surface area contributed by atoms with Gasteiger partial charge in [0, 0.05) is 6.42 Å². The zero-order chi connectivity index (χ0) is 18.2. The van der Waals surface area contributed by atoms with E-state index in [1.165, 1.54) is 4.72 Å². The summed E-state index contributed by atoms with van der Waals surface area (Å²) in [5, 5.41) is 17.4. The molecule has 0 saturated carbocycles. The molecule has 132 valence electrons. The molecule has 4 N–H and O–H groups in total. The molecule has 0 radical (unpaired) electrons. The van der Waals surface area contributed by atoms with E-state index < -0.39 is 47.1 Å². The molecule has 10 nitrogen and oxygen atoms in total. The maximum atomic E-state index is 11.7. The van der Waals surface area contributed by atoms with Crippen LogP contribution in [0.2, 0.25) is 0 Å². The number of amides is 1. The van der Waals surface area contributed by atoms with Crippen molar-refractivity contribution in [3.63, 3.8) is 0 Å². The molecule has 0 aliphatic heterocycles. The average Bonchev–Trinajstić information content (AvgIpc) is 2.49. The van der Waals surface area contributed by atoms with Gasteiger partial charge in [0.2, 0.25) is 0 Å². The average molecular weight is 360 g/mol. The third-order valence-corrected chi connectivity index (χ3v) is 3.70. The quantitative estimate of drug-likeness (QED) is 0.481. The highest BCUT2D eigenvalue weighted by Gasteiger charge is 2.26. The lowest BCUT2D eigenvalue weighted by atomic mass is 10.2. The number of hydrogen-bond donors (Lipinski definition) is 4. The van der Waals surface area contributed by atoms with Gasteiger partial charge in [0.15, 0.2) is 0 Å². The number of benzene rings is 1. The number of ether oxygens (including phenoxy) is 1. The summed E-state index contributed by atoms with van der Waals surface area (Å²) in [4.78, 5) is 32.8. The molecule has 11 heteroatoms. The SMILES string of the molecule is O=C(O)CC[C@H](NS(=O)(=O)NC(=O)OCc1ccccc1)C(=O)O. The Morgan fingerprint density at radius 1 is 1.12 bits per heavy atom. The molecule has 1 atom stereocenters. The lowest BCUT2D eigenvalue weighted by Crippen LogP contribution is -2.48. The molecule has 24 heavy (non-hydrogen) atoms. The summed E-state index contributed by atoms with van der Waals surface area (Å²) in [6, 6.07) is 6.78. The molecule has 0 bridgehead atoms. The molecule has 0 saturated heterocycles. The lowest BCUT2D eigenvalue weighted by molar-refractivity contribution is -0.140. The van der Waals surface area contributed by atoms with Crippen LogP contribution in [0.5, 0.6) is 0 Å². The van der Waals surface area contributed by atoms with Crippen LogP contribution in [0.15, 0.2) is 30.3 Å². The normalized spacial score (nSPS) is 12.2. The first-order valence-electron chi connectivity index (χ1n) is 6.65. The largest absolute Gasteiger partial charge is 0.481 e.